The van der Waals surface area contributed by atoms with Crippen LogP contribution in [0, 0.1) is 0 Å². The van der Waals surface area contributed by atoms with Gasteiger partial charge in [0.05, 0.1) is 5.39 Å². The van der Waals surface area contributed by atoms with Gasteiger partial charge in [-0.1, -0.05) is 18.2 Å². The molecule has 0 aliphatic carbocycles. The molecule has 7 nitrogen and oxygen atoms in total. The van der Waals surface area contributed by atoms with Crippen molar-refractivity contribution in [3.8, 4) is 0 Å². The predicted molar refractivity (Wildman–Crippen MR) is 76.4 cm³/mol. The van der Waals surface area contributed by atoms with Gasteiger partial charge in [0, 0.05) is 11.9 Å². The molecule has 1 aromatic carbocycles. The molecule has 0 radical (unpaired) electrons. The zero-order chi connectivity index (χ0) is 15.6. The Morgan fingerprint density at radius 1 is 1.33 bits per heavy atom. The van der Waals surface area contributed by atoms with Gasteiger partial charge >= 0.3 is 5.97 Å². The number of fused-ring (bicyclic) bond motifs is 1. The number of carboxylic acid groups (broad SMARTS) is 1. The normalized spacial score (nSPS) is 12.1. The number of hydrogen-bond acceptors (Lipinski definition) is 4. The highest BCUT2D eigenvalue weighted by Gasteiger charge is 2.21. The maximum absolute atomic E-state index is 12.4. The second kappa shape index (κ2) is 5.74. The molecule has 1 amide bonds. The second-order valence-electron chi connectivity index (χ2n) is 4.52. The fourth-order valence-electron chi connectivity index (χ4n) is 2.06. The number of carboxylic acids is 1. The van der Waals surface area contributed by atoms with Crippen molar-refractivity contribution >= 4 is 22.6 Å². The molecule has 0 saturated carbocycles. The Morgan fingerprint density at radius 2 is 1.95 bits per heavy atom. The number of aromatic nitrogens is 2. The molecule has 0 aliphatic heterocycles. The third kappa shape index (κ3) is 2.62. The number of hydrogen-bond donors (Lipinski definition) is 2. The Balaban J connectivity index is 2.70. The number of carbonyl (C=O) groups is 2. The molecule has 2 aromatic rings. The highest BCUT2D eigenvalue weighted by molar-refractivity contribution is 6.01. The zero-order valence-corrected chi connectivity index (χ0v) is 11.7. The third-order valence-electron chi connectivity index (χ3n) is 3.13. The summed E-state index contributed by atoms with van der Waals surface area (Å²) in [7, 11) is 0. The topological polar surface area (TPSA) is 101 Å². The maximum Gasteiger partial charge on any atom is 0.357 e. The molecule has 1 atom stereocenters. The predicted octanol–water partition coefficient (Wildman–Crippen LogP) is 0.792. The number of carbonyl (C=O) groups excluding carboxylic acids is 1. The van der Waals surface area contributed by atoms with Crippen LogP contribution in [0.15, 0.2) is 29.1 Å². The Hall–Kier alpha value is -2.70. The van der Waals surface area contributed by atoms with E-state index in [9.17, 15) is 19.5 Å². The number of nitrogens with one attached hydrogen (secondary N) is 1. The maximum atomic E-state index is 12.4. The van der Waals surface area contributed by atoms with Crippen molar-refractivity contribution in [1.82, 2.24) is 15.1 Å². The molecule has 0 bridgehead atoms. The van der Waals surface area contributed by atoms with Crippen molar-refractivity contribution in [2.45, 2.75) is 19.9 Å². The van der Waals surface area contributed by atoms with Gasteiger partial charge in [0.2, 0.25) is 5.91 Å². The number of benzene rings is 1. The molecule has 0 fully saturated rings. The summed E-state index contributed by atoms with van der Waals surface area (Å²) in [5.41, 5.74) is -0.740. The van der Waals surface area contributed by atoms with Crippen molar-refractivity contribution in [3.05, 3.63) is 40.3 Å². The van der Waals surface area contributed by atoms with E-state index in [1.165, 1.54) is 19.1 Å². The second-order valence-corrected chi connectivity index (χ2v) is 4.52. The van der Waals surface area contributed by atoms with Crippen LogP contribution in [0.25, 0.3) is 10.8 Å². The van der Waals surface area contributed by atoms with Gasteiger partial charge in [0.1, 0.15) is 6.04 Å². The number of rotatable bonds is 4. The van der Waals surface area contributed by atoms with Gasteiger partial charge in [0.25, 0.3) is 5.56 Å². The van der Waals surface area contributed by atoms with Crippen LogP contribution >= 0.6 is 0 Å². The van der Waals surface area contributed by atoms with Crippen LogP contribution < -0.4 is 10.9 Å². The average molecular weight is 289 g/mol. The Labute approximate surface area is 120 Å². The largest absolute Gasteiger partial charge is 0.476 e. The summed E-state index contributed by atoms with van der Waals surface area (Å²) in [6.45, 7) is 3.67. The first kappa shape index (κ1) is 14.7. The van der Waals surface area contributed by atoms with E-state index in [0.717, 1.165) is 4.68 Å². The van der Waals surface area contributed by atoms with Crippen LogP contribution in [0.3, 0.4) is 0 Å². The number of amides is 1. The first-order valence-electron chi connectivity index (χ1n) is 6.50. The van der Waals surface area contributed by atoms with Crippen molar-refractivity contribution in [3.63, 3.8) is 0 Å². The van der Waals surface area contributed by atoms with Crippen LogP contribution in [0.5, 0.6) is 0 Å². The molecule has 2 N–H and O–H groups in total. The van der Waals surface area contributed by atoms with Crippen LogP contribution in [-0.2, 0) is 4.79 Å². The number of likely N-dealkylation sites (N-methyl/N-ethyl adjacent to an activating group) is 1. The van der Waals surface area contributed by atoms with Gasteiger partial charge in [-0.3, -0.25) is 9.59 Å². The lowest BCUT2D eigenvalue weighted by Gasteiger charge is -2.15. The van der Waals surface area contributed by atoms with Gasteiger partial charge in [-0.15, -0.1) is 0 Å². The minimum atomic E-state index is -1.25. The van der Waals surface area contributed by atoms with Gasteiger partial charge in [-0.05, 0) is 19.9 Å². The van der Waals surface area contributed by atoms with E-state index in [1.54, 1.807) is 19.1 Å². The lowest BCUT2D eigenvalue weighted by Crippen LogP contribution is -2.37. The standard InChI is InChI=1S/C14H15N3O4/c1-3-15-12(18)8(2)17-13(19)10-7-5-4-6-9(10)11(16-17)14(20)21/h4-8H,3H2,1-2H3,(H,15,18)(H,20,21). The molecule has 21 heavy (non-hydrogen) atoms. The third-order valence-corrected chi connectivity index (χ3v) is 3.13. The fourth-order valence-corrected chi connectivity index (χ4v) is 2.06. The van der Waals surface area contributed by atoms with Crippen LogP contribution in [0.2, 0.25) is 0 Å². The van der Waals surface area contributed by atoms with E-state index in [-0.39, 0.29) is 16.5 Å². The van der Waals surface area contributed by atoms with E-state index >= 15 is 0 Å². The molecule has 1 aromatic heterocycles. The first-order chi connectivity index (χ1) is 9.97. The van der Waals surface area contributed by atoms with Crippen LogP contribution in [-0.4, -0.2) is 33.3 Å². The van der Waals surface area contributed by atoms with Crippen LogP contribution in [0.1, 0.15) is 30.4 Å². The summed E-state index contributed by atoms with van der Waals surface area (Å²) in [5.74, 6) is -1.64. The van der Waals surface area contributed by atoms with Gasteiger partial charge in [-0.25, -0.2) is 9.48 Å². The Kier molecular flexibility index (Phi) is 4.02. The molecule has 7 heteroatoms. The van der Waals surface area contributed by atoms with Crippen molar-refractivity contribution in [2.75, 3.05) is 6.54 Å². The highest BCUT2D eigenvalue weighted by Crippen LogP contribution is 2.14. The molecule has 0 aliphatic rings. The molecule has 1 unspecified atom stereocenters. The van der Waals surface area contributed by atoms with E-state index < -0.39 is 23.5 Å². The summed E-state index contributed by atoms with van der Waals surface area (Å²) in [5, 5.41) is 16.2. The summed E-state index contributed by atoms with van der Waals surface area (Å²) in [6, 6.07) is 5.42. The summed E-state index contributed by atoms with van der Waals surface area (Å²) >= 11 is 0. The molecular formula is C14H15N3O4. The van der Waals surface area contributed by atoms with E-state index in [4.69, 9.17) is 0 Å². The SMILES string of the molecule is CCNC(=O)C(C)n1nc(C(=O)O)c2ccccc2c1=O. The molecule has 0 spiro atoms. The molecule has 0 saturated heterocycles. The molecule has 2 rings (SSSR count). The zero-order valence-electron chi connectivity index (χ0n) is 11.7. The summed E-state index contributed by atoms with van der Waals surface area (Å²) < 4.78 is 0.913. The van der Waals surface area contributed by atoms with E-state index in [1.807, 2.05) is 0 Å². The lowest BCUT2D eigenvalue weighted by atomic mass is 10.1. The number of nitrogens with zero attached hydrogens (tertiary/aromatic N) is 2. The summed E-state index contributed by atoms with van der Waals surface area (Å²) in [6.07, 6.45) is 0. The monoisotopic (exact) mass is 289 g/mol. The smallest absolute Gasteiger partial charge is 0.357 e. The average Bonchev–Trinajstić information content (AvgIpc) is 2.47. The minimum absolute atomic E-state index is 0.223. The van der Waals surface area contributed by atoms with Gasteiger partial charge in [-0.2, -0.15) is 5.10 Å². The van der Waals surface area contributed by atoms with E-state index in [2.05, 4.69) is 10.4 Å². The molecule has 110 valence electrons. The minimum Gasteiger partial charge on any atom is -0.476 e. The Morgan fingerprint density at radius 3 is 2.52 bits per heavy atom. The van der Waals surface area contributed by atoms with Gasteiger partial charge < -0.3 is 10.4 Å². The van der Waals surface area contributed by atoms with Crippen molar-refractivity contribution in [2.24, 2.45) is 0 Å². The fraction of sp³-hybridized carbons (Fsp3) is 0.286. The Bertz CT molecular complexity index is 766. The van der Waals surface area contributed by atoms with Crippen molar-refractivity contribution < 1.29 is 14.7 Å². The lowest BCUT2D eigenvalue weighted by molar-refractivity contribution is -0.124. The molecule has 1 heterocycles. The van der Waals surface area contributed by atoms with Crippen LogP contribution in [0.4, 0.5) is 0 Å². The highest BCUT2D eigenvalue weighted by atomic mass is 16.4. The quantitative estimate of drug-likeness (QED) is 0.866. The van der Waals surface area contributed by atoms with E-state index in [0.29, 0.717) is 6.54 Å². The van der Waals surface area contributed by atoms with Crippen molar-refractivity contribution in [1.29, 1.82) is 0 Å². The van der Waals surface area contributed by atoms with Gasteiger partial charge in [0.15, 0.2) is 5.69 Å². The number of aromatic carboxylic acids is 1. The summed E-state index contributed by atoms with van der Waals surface area (Å²) in [4.78, 5) is 35.6. The first-order valence-corrected chi connectivity index (χ1v) is 6.50. The molecular weight excluding hydrogens is 274 g/mol.